The molecule has 0 bridgehead atoms. The Hall–Kier alpha value is -1.29. The van der Waals surface area contributed by atoms with Crippen LogP contribution >= 0.6 is 11.8 Å². The standard InChI is InChI=1S/C10H11N3S/c1-14-10-12-9(7-11-13-10)8-5-3-2-4-6-8/h2-7,9H,1H3,(H,12,13)/t9-/m1/s1. The molecule has 1 aliphatic heterocycles. The molecule has 2 rings (SSSR count). The van der Waals surface area contributed by atoms with Crippen molar-refractivity contribution in [3.8, 4) is 0 Å². The largest absolute Gasteiger partial charge is 0.256 e. The molecule has 1 atom stereocenters. The minimum Gasteiger partial charge on any atom is -0.256 e. The number of aliphatic imine (C=N–C) groups is 1. The molecule has 1 aliphatic rings. The second kappa shape index (κ2) is 4.28. The zero-order chi connectivity index (χ0) is 9.80. The Morgan fingerprint density at radius 1 is 1.29 bits per heavy atom. The van der Waals surface area contributed by atoms with Crippen LogP contribution in [0.1, 0.15) is 11.6 Å². The maximum absolute atomic E-state index is 4.49. The lowest BCUT2D eigenvalue weighted by Crippen LogP contribution is -2.20. The van der Waals surface area contributed by atoms with Crippen LogP contribution in [0.4, 0.5) is 0 Å². The van der Waals surface area contributed by atoms with Crippen molar-refractivity contribution in [2.45, 2.75) is 6.04 Å². The van der Waals surface area contributed by atoms with Crippen molar-refractivity contribution in [3.63, 3.8) is 0 Å². The van der Waals surface area contributed by atoms with Gasteiger partial charge in [0, 0.05) is 0 Å². The average Bonchev–Trinajstić information content (AvgIpc) is 2.30. The molecule has 0 aliphatic carbocycles. The van der Waals surface area contributed by atoms with Crippen LogP contribution in [0.2, 0.25) is 0 Å². The van der Waals surface area contributed by atoms with Crippen LogP contribution in [0.5, 0.6) is 0 Å². The minimum atomic E-state index is 0.0555. The van der Waals surface area contributed by atoms with Gasteiger partial charge in [-0.3, -0.25) is 5.43 Å². The lowest BCUT2D eigenvalue weighted by Gasteiger charge is -2.14. The zero-order valence-electron chi connectivity index (χ0n) is 7.84. The van der Waals surface area contributed by atoms with Crippen LogP contribution in [-0.2, 0) is 0 Å². The van der Waals surface area contributed by atoms with E-state index in [1.165, 1.54) is 5.56 Å². The molecule has 0 fully saturated rings. The first-order valence-corrected chi connectivity index (χ1v) is 5.58. The molecule has 1 N–H and O–H groups in total. The molecule has 3 nitrogen and oxygen atoms in total. The van der Waals surface area contributed by atoms with Crippen LogP contribution in [0.25, 0.3) is 0 Å². The SMILES string of the molecule is CSC1=N[C@@H](c2ccccc2)C=NN1. The second-order valence-electron chi connectivity index (χ2n) is 2.88. The zero-order valence-corrected chi connectivity index (χ0v) is 8.66. The average molecular weight is 205 g/mol. The Labute approximate surface area is 87.3 Å². The highest BCUT2D eigenvalue weighted by atomic mass is 32.2. The molecule has 14 heavy (non-hydrogen) atoms. The summed E-state index contributed by atoms with van der Waals surface area (Å²) in [6, 6.07) is 10.2. The second-order valence-corrected chi connectivity index (χ2v) is 3.68. The molecular formula is C10H11N3S. The summed E-state index contributed by atoms with van der Waals surface area (Å²) in [6.07, 6.45) is 3.80. The molecule has 0 spiro atoms. The van der Waals surface area contributed by atoms with Crippen molar-refractivity contribution in [1.29, 1.82) is 0 Å². The molecular weight excluding hydrogens is 194 g/mol. The lowest BCUT2D eigenvalue weighted by molar-refractivity contribution is 0.895. The number of benzene rings is 1. The van der Waals surface area contributed by atoms with Gasteiger partial charge in [0.15, 0.2) is 5.17 Å². The van der Waals surface area contributed by atoms with Gasteiger partial charge in [-0.2, -0.15) is 5.10 Å². The summed E-state index contributed by atoms with van der Waals surface area (Å²) in [4.78, 5) is 4.49. The van der Waals surface area contributed by atoms with Gasteiger partial charge in [0.2, 0.25) is 0 Å². The third kappa shape index (κ3) is 1.96. The maximum Gasteiger partial charge on any atom is 0.177 e. The van der Waals surface area contributed by atoms with Crippen molar-refractivity contribution in [3.05, 3.63) is 35.9 Å². The number of hydrogen-bond acceptors (Lipinski definition) is 4. The molecule has 72 valence electrons. The summed E-state index contributed by atoms with van der Waals surface area (Å²) in [6.45, 7) is 0. The molecule has 1 heterocycles. The van der Waals surface area contributed by atoms with Crippen molar-refractivity contribution in [2.75, 3.05) is 6.26 Å². The van der Waals surface area contributed by atoms with E-state index in [0.717, 1.165) is 5.17 Å². The van der Waals surface area contributed by atoms with Gasteiger partial charge in [-0.25, -0.2) is 4.99 Å². The van der Waals surface area contributed by atoms with E-state index < -0.39 is 0 Å². The summed E-state index contributed by atoms with van der Waals surface area (Å²) in [5, 5.41) is 4.92. The summed E-state index contributed by atoms with van der Waals surface area (Å²) in [5.41, 5.74) is 4.02. The van der Waals surface area contributed by atoms with Crippen LogP contribution in [0.3, 0.4) is 0 Å². The van der Waals surface area contributed by atoms with Gasteiger partial charge in [-0.1, -0.05) is 42.1 Å². The van der Waals surface area contributed by atoms with E-state index >= 15 is 0 Å². The summed E-state index contributed by atoms with van der Waals surface area (Å²) < 4.78 is 0. The number of nitrogens with zero attached hydrogens (tertiary/aromatic N) is 2. The smallest absolute Gasteiger partial charge is 0.177 e. The first-order chi connectivity index (χ1) is 6.90. The molecule has 0 saturated carbocycles. The Bertz CT molecular complexity index is 359. The third-order valence-electron chi connectivity index (χ3n) is 1.97. The quantitative estimate of drug-likeness (QED) is 0.761. The molecule has 0 radical (unpaired) electrons. The van der Waals surface area contributed by atoms with Gasteiger partial charge in [0.1, 0.15) is 6.04 Å². The molecule has 4 heteroatoms. The maximum atomic E-state index is 4.49. The Morgan fingerprint density at radius 3 is 2.79 bits per heavy atom. The number of hydrazone groups is 1. The third-order valence-corrected chi connectivity index (χ3v) is 2.55. The van der Waals surface area contributed by atoms with Crippen molar-refractivity contribution < 1.29 is 0 Å². The van der Waals surface area contributed by atoms with E-state index in [9.17, 15) is 0 Å². The molecule has 0 amide bonds. The molecule has 0 unspecified atom stereocenters. The van der Waals surface area contributed by atoms with Gasteiger partial charge in [0.25, 0.3) is 0 Å². The van der Waals surface area contributed by atoms with Gasteiger partial charge in [0.05, 0.1) is 6.21 Å². The van der Waals surface area contributed by atoms with Gasteiger partial charge in [-0.15, -0.1) is 0 Å². The number of thioether (sulfide) groups is 1. The molecule has 1 aromatic carbocycles. The molecule has 0 saturated heterocycles. The van der Waals surface area contributed by atoms with Crippen LogP contribution < -0.4 is 5.43 Å². The normalized spacial score (nSPS) is 20.1. The minimum absolute atomic E-state index is 0.0555. The van der Waals surface area contributed by atoms with E-state index in [1.807, 2.05) is 30.7 Å². The van der Waals surface area contributed by atoms with E-state index in [0.29, 0.717) is 0 Å². The van der Waals surface area contributed by atoms with Gasteiger partial charge in [-0.05, 0) is 11.8 Å². The molecule has 1 aromatic rings. The first kappa shape index (κ1) is 9.27. The summed E-state index contributed by atoms with van der Waals surface area (Å²) in [7, 11) is 0. The topological polar surface area (TPSA) is 36.8 Å². The number of nitrogens with one attached hydrogen (secondary N) is 1. The Balaban J connectivity index is 2.23. The fourth-order valence-corrected chi connectivity index (χ4v) is 1.62. The first-order valence-electron chi connectivity index (χ1n) is 4.36. The van der Waals surface area contributed by atoms with E-state index in [2.05, 4.69) is 27.7 Å². The lowest BCUT2D eigenvalue weighted by atomic mass is 10.1. The summed E-state index contributed by atoms with van der Waals surface area (Å²) in [5.74, 6) is 0. The van der Waals surface area contributed by atoms with Crippen LogP contribution in [0.15, 0.2) is 40.4 Å². The van der Waals surface area contributed by atoms with Gasteiger partial charge < -0.3 is 0 Å². The van der Waals surface area contributed by atoms with Crippen LogP contribution in [-0.4, -0.2) is 17.6 Å². The number of rotatable bonds is 1. The van der Waals surface area contributed by atoms with Crippen molar-refractivity contribution >= 4 is 23.1 Å². The van der Waals surface area contributed by atoms with E-state index in [-0.39, 0.29) is 6.04 Å². The van der Waals surface area contributed by atoms with E-state index in [1.54, 1.807) is 11.8 Å². The monoisotopic (exact) mass is 205 g/mol. The predicted molar refractivity (Wildman–Crippen MR) is 61.8 cm³/mol. The molecule has 0 aromatic heterocycles. The van der Waals surface area contributed by atoms with Crippen molar-refractivity contribution in [1.82, 2.24) is 5.43 Å². The Kier molecular flexibility index (Phi) is 2.84. The van der Waals surface area contributed by atoms with Crippen LogP contribution in [0, 0.1) is 0 Å². The van der Waals surface area contributed by atoms with Gasteiger partial charge >= 0.3 is 0 Å². The van der Waals surface area contributed by atoms with E-state index in [4.69, 9.17) is 0 Å². The Morgan fingerprint density at radius 2 is 2.07 bits per heavy atom. The highest BCUT2D eigenvalue weighted by Crippen LogP contribution is 2.18. The number of hydrogen-bond donors (Lipinski definition) is 1. The highest BCUT2D eigenvalue weighted by molar-refractivity contribution is 8.13. The predicted octanol–water partition coefficient (Wildman–Crippen LogP) is 2.04. The fourth-order valence-electron chi connectivity index (χ4n) is 1.26. The fraction of sp³-hybridized carbons (Fsp3) is 0.200. The number of amidine groups is 1. The van der Waals surface area contributed by atoms with Crippen molar-refractivity contribution in [2.24, 2.45) is 10.1 Å². The summed E-state index contributed by atoms with van der Waals surface area (Å²) >= 11 is 1.57. The highest BCUT2D eigenvalue weighted by Gasteiger charge is 2.11.